The molecule has 0 atom stereocenters. The van der Waals surface area contributed by atoms with Crippen LogP contribution in [0.2, 0.25) is 0 Å². The molecule has 29 heavy (non-hydrogen) atoms. The number of nitrogens with one attached hydrogen (secondary N) is 1. The SMILES string of the molecule is O=C1Nc2cc3c(cc2/C1=N/N=C(c1ccccc1)c1ccccc1)OCCO3. The van der Waals surface area contributed by atoms with Crippen LogP contribution in [0.25, 0.3) is 0 Å². The quantitative estimate of drug-likeness (QED) is 0.554. The van der Waals surface area contributed by atoms with Crippen LogP contribution in [0.4, 0.5) is 5.69 Å². The predicted molar refractivity (Wildman–Crippen MR) is 111 cm³/mol. The molecular weight excluding hydrogens is 366 g/mol. The first-order valence-corrected chi connectivity index (χ1v) is 9.31. The van der Waals surface area contributed by atoms with E-state index in [1.54, 1.807) is 12.1 Å². The summed E-state index contributed by atoms with van der Waals surface area (Å²) in [5.41, 5.74) is 4.09. The van der Waals surface area contributed by atoms with Gasteiger partial charge in [-0.2, -0.15) is 0 Å². The number of benzene rings is 3. The van der Waals surface area contributed by atoms with Gasteiger partial charge in [-0.05, 0) is 6.07 Å². The van der Waals surface area contributed by atoms with E-state index in [2.05, 4.69) is 15.5 Å². The third-order valence-corrected chi connectivity index (χ3v) is 4.75. The molecule has 1 N–H and O–H groups in total. The Kier molecular flexibility index (Phi) is 4.29. The van der Waals surface area contributed by atoms with Crippen molar-refractivity contribution in [1.82, 2.24) is 0 Å². The molecule has 0 aliphatic carbocycles. The second-order valence-corrected chi connectivity index (χ2v) is 6.62. The van der Waals surface area contributed by atoms with E-state index in [1.165, 1.54) is 0 Å². The summed E-state index contributed by atoms with van der Waals surface area (Å²) in [6, 6.07) is 23.1. The minimum absolute atomic E-state index is 0.251. The van der Waals surface area contributed by atoms with Crippen molar-refractivity contribution in [2.75, 3.05) is 18.5 Å². The van der Waals surface area contributed by atoms with Crippen molar-refractivity contribution in [2.45, 2.75) is 0 Å². The first-order valence-electron chi connectivity index (χ1n) is 9.31. The zero-order chi connectivity index (χ0) is 19.6. The fourth-order valence-corrected chi connectivity index (χ4v) is 3.37. The lowest BCUT2D eigenvalue weighted by Crippen LogP contribution is -2.15. The van der Waals surface area contributed by atoms with Crippen molar-refractivity contribution >= 4 is 23.0 Å². The monoisotopic (exact) mass is 383 g/mol. The molecule has 2 heterocycles. The molecule has 2 aliphatic heterocycles. The maximum absolute atomic E-state index is 12.5. The fraction of sp³-hybridized carbons (Fsp3) is 0.0870. The van der Waals surface area contributed by atoms with Gasteiger partial charge in [0.25, 0.3) is 5.91 Å². The van der Waals surface area contributed by atoms with Crippen LogP contribution in [0, 0.1) is 0 Å². The van der Waals surface area contributed by atoms with Gasteiger partial charge in [-0.15, -0.1) is 10.2 Å². The minimum atomic E-state index is -0.299. The zero-order valence-electron chi connectivity index (χ0n) is 15.5. The summed E-state index contributed by atoms with van der Waals surface area (Å²) in [7, 11) is 0. The highest BCUT2D eigenvalue weighted by atomic mass is 16.6. The van der Waals surface area contributed by atoms with E-state index in [9.17, 15) is 4.79 Å². The molecule has 3 aromatic carbocycles. The number of rotatable bonds is 3. The maximum atomic E-state index is 12.5. The minimum Gasteiger partial charge on any atom is -0.486 e. The number of hydrogen-bond acceptors (Lipinski definition) is 5. The van der Waals surface area contributed by atoms with Crippen LogP contribution >= 0.6 is 0 Å². The number of fused-ring (bicyclic) bond motifs is 2. The zero-order valence-corrected chi connectivity index (χ0v) is 15.5. The van der Waals surface area contributed by atoms with Gasteiger partial charge in [0.1, 0.15) is 18.9 Å². The van der Waals surface area contributed by atoms with E-state index in [1.807, 2.05) is 60.7 Å². The summed E-state index contributed by atoms with van der Waals surface area (Å²) < 4.78 is 11.2. The van der Waals surface area contributed by atoms with Crippen LogP contribution in [-0.2, 0) is 4.79 Å². The first kappa shape index (κ1) is 17.2. The number of carbonyl (C=O) groups is 1. The molecule has 3 aromatic rings. The molecule has 0 radical (unpaired) electrons. The van der Waals surface area contributed by atoms with Gasteiger partial charge in [-0.1, -0.05) is 60.7 Å². The highest BCUT2D eigenvalue weighted by Gasteiger charge is 2.29. The molecule has 2 aliphatic rings. The van der Waals surface area contributed by atoms with Crippen molar-refractivity contribution < 1.29 is 14.3 Å². The predicted octanol–water partition coefficient (Wildman–Crippen LogP) is 3.65. The lowest BCUT2D eigenvalue weighted by atomic mass is 10.0. The van der Waals surface area contributed by atoms with Gasteiger partial charge in [-0.25, -0.2) is 0 Å². The summed E-state index contributed by atoms with van der Waals surface area (Å²) in [6.45, 7) is 0.965. The second-order valence-electron chi connectivity index (χ2n) is 6.62. The van der Waals surface area contributed by atoms with Crippen molar-refractivity contribution in [2.24, 2.45) is 10.2 Å². The lowest BCUT2D eigenvalue weighted by molar-refractivity contribution is -0.110. The Labute approximate surface area is 167 Å². The molecule has 0 aromatic heterocycles. The Hall–Kier alpha value is -3.93. The molecule has 1 amide bonds. The fourth-order valence-electron chi connectivity index (χ4n) is 3.37. The van der Waals surface area contributed by atoms with Crippen LogP contribution < -0.4 is 14.8 Å². The summed E-state index contributed by atoms with van der Waals surface area (Å²) >= 11 is 0. The van der Waals surface area contributed by atoms with E-state index in [4.69, 9.17) is 9.47 Å². The Balaban J connectivity index is 1.60. The van der Waals surface area contributed by atoms with Gasteiger partial charge in [0.2, 0.25) is 0 Å². The smallest absolute Gasteiger partial charge is 0.276 e. The third kappa shape index (κ3) is 3.25. The van der Waals surface area contributed by atoms with Crippen LogP contribution in [0.15, 0.2) is 83.0 Å². The average molecular weight is 383 g/mol. The van der Waals surface area contributed by atoms with E-state index < -0.39 is 0 Å². The first-order chi connectivity index (χ1) is 14.3. The molecule has 0 fully saturated rings. The molecule has 5 rings (SSSR count). The molecule has 6 nitrogen and oxygen atoms in total. The summed E-state index contributed by atoms with van der Waals surface area (Å²) in [4.78, 5) is 12.5. The van der Waals surface area contributed by atoms with Crippen LogP contribution in [0.1, 0.15) is 16.7 Å². The molecule has 142 valence electrons. The molecular formula is C23H17N3O3. The average Bonchev–Trinajstić information content (AvgIpc) is 3.08. The number of amides is 1. The third-order valence-electron chi connectivity index (χ3n) is 4.75. The van der Waals surface area contributed by atoms with Gasteiger partial charge >= 0.3 is 0 Å². The van der Waals surface area contributed by atoms with Gasteiger partial charge in [0.15, 0.2) is 17.2 Å². The Morgan fingerprint density at radius 3 is 2.03 bits per heavy atom. The van der Waals surface area contributed by atoms with Crippen LogP contribution in [0.5, 0.6) is 11.5 Å². The van der Waals surface area contributed by atoms with Crippen molar-refractivity contribution in [1.29, 1.82) is 0 Å². The lowest BCUT2D eigenvalue weighted by Gasteiger charge is -2.18. The van der Waals surface area contributed by atoms with Gasteiger partial charge in [0.05, 0.1) is 5.69 Å². The van der Waals surface area contributed by atoms with Crippen LogP contribution in [-0.4, -0.2) is 30.5 Å². The number of anilines is 1. The Morgan fingerprint density at radius 1 is 0.828 bits per heavy atom. The number of ether oxygens (including phenoxy) is 2. The number of carbonyl (C=O) groups excluding carboxylic acids is 1. The van der Waals surface area contributed by atoms with E-state index in [0.717, 1.165) is 11.1 Å². The van der Waals surface area contributed by atoms with E-state index in [-0.39, 0.29) is 11.6 Å². The molecule has 0 bridgehead atoms. The maximum Gasteiger partial charge on any atom is 0.276 e. The van der Waals surface area contributed by atoms with Gasteiger partial charge in [-0.3, -0.25) is 4.79 Å². The Bertz CT molecular complexity index is 1100. The molecule has 6 heteroatoms. The number of hydrogen-bond donors (Lipinski definition) is 1. The van der Waals surface area contributed by atoms with Crippen molar-refractivity contribution in [3.63, 3.8) is 0 Å². The van der Waals surface area contributed by atoms with Crippen LogP contribution in [0.3, 0.4) is 0 Å². The summed E-state index contributed by atoms with van der Waals surface area (Å²) in [6.07, 6.45) is 0. The molecule has 0 saturated carbocycles. The molecule has 0 spiro atoms. The highest BCUT2D eigenvalue weighted by Crippen LogP contribution is 2.38. The van der Waals surface area contributed by atoms with Gasteiger partial charge in [0, 0.05) is 22.8 Å². The number of nitrogens with zero attached hydrogens (tertiary/aromatic N) is 2. The van der Waals surface area contributed by atoms with E-state index >= 15 is 0 Å². The largest absolute Gasteiger partial charge is 0.486 e. The van der Waals surface area contributed by atoms with Gasteiger partial charge < -0.3 is 14.8 Å². The van der Waals surface area contributed by atoms with E-state index in [0.29, 0.717) is 41.7 Å². The Morgan fingerprint density at radius 2 is 1.41 bits per heavy atom. The van der Waals surface area contributed by atoms with Crippen molar-refractivity contribution in [3.8, 4) is 11.5 Å². The second kappa shape index (κ2) is 7.24. The molecule has 0 saturated heterocycles. The standard InChI is InChI=1S/C23H17N3O3/c27-23-22(17-13-19-20(14-18(17)24-23)29-12-11-28-19)26-25-21(15-7-3-1-4-8-15)16-9-5-2-6-10-16/h1-10,13-14H,11-12H2,(H,24,26,27). The summed E-state index contributed by atoms with van der Waals surface area (Å²) in [5.74, 6) is 0.926. The topological polar surface area (TPSA) is 72.3 Å². The molecule has 0 unspecified atom stereocenters. The summed E-state index contributed by atoms with van der Waals surface area (Å²) in [5, 5.41) is 11.6. The highest BCUT2D eigenvalue weighted by molar-refractivity contribution is 6.54. The normalized spacial score (nSPS) is 15.6. The van der Waals surface area contributed by atoms with Crippen molar-refractivity contribution in [3.05, 3.63) is 89.5 Å².